The summed E-state index contributed by atoms with van der Waals surface area (Å²) in [5, 5.41) is 2.23. The molecule has 1 N–H and O–H groups in total. The molecule has 0 spiro atoms. The summed E-state index contributed by atoms with van der Waals surface area (Å²) in [7, 11) is 0. The van der Waals surface area contributed by atoms with Gasteiger partial charge in [-0.25, -0.2) is 0 Å². The van der Waals surface area contributed by atoms with E-state index in [9.17, 15) is 14.4 Å². The minimum absolute atomic E-state index is 0.104. The van der Waals surface area contributed by atoms with Crippen LogP contribution in [0, 0.1) is 6.92 Å². The van der Waals surface area contributed by atoms with Crippen molar-refractivity contribution >= 4 is 17.7 Å². The molecule has 0 bridgehead atoms. The lowest BCUT2D eigenvalue weighted by molar-refractivity contribution is -0.138. The summed E-state index contributed by atoms with van der Waals surface area (Å²) in [5.74, 6) is -0.637. The summed E-state index contributed by atoms with van der Waals surface area (Å²) in [6.45, 7) is 3.41. The normalized spacial score (nSPS) is 19.9. The predicted molar refractivity (Wildman–Crippen MR) is 61.7 cm³/mol. The van der Waals surface area contributed by atoms with Crippen LogP contribution in [0.3, 0.4) is 0 Å². The van der Waals surface area contributed by atoms with E-state index in [1.165, 1.54) is 11.2 Å². The first-order chi connectivity index (χ1) is 8.52. The Morgan fingerprint density at radius 3 is 2.83 bits per heavy atom. The Morgan fingerprint density at radius 1 is 1.56 bits per heavy atom. The quantitative estimate of drug-likeness (QED) is 0.773. The van der Waals surface area contributed by atoms with Crippen LogP contribution in [0.2, 0.25) is 0 Å². The molecule has 1 aromatic rings. The van der Waals surface area contributed by atoms with Crippen LogP contribution in [0.1, 0.15) is 29.5 Å². The molecule has 0 saturated carbocycles. The van der Waals surface area contributed by atoms with Crippen molar-refractivity contribution < 1.29 is 18.8 Å². The maximum atomic E-state index is 12.2. The van der Waals surface area contributed by atoms with Gasteiger partial charge in [0.15, 0.2) is 0 Å². The minimum Gasteiger partial charge on any atom is -0.469 e. The Kier molecular flexibility index (Phi) is 3.18. The number of imide groups is 1. The number of rotatable bonds is 2. The largest absolute Gasteiger partial charge is 0.469 e. The zero-order valence-corrected chi connectivity index (χ0v) is 10.2. The Hall–Kier alpha value is -2.11. The molecule has 2 rings (SSSR count). The molecule has 1 atom stereocenters. The Morgan fingerprint density at radius 2 is 2.28 bits per heavy atom. The van der Waals surface area contributed by atoms with Gasteiger partial charge in [0.2, 0.25) is 11.8 Å². The molecular formula is C12H14N2O4. The number of aryl methyl sites for hydroxylation is 1. The summed E-state index contributed by atoms with van der Waals surface area (Å²) < 4.78 is 5.07. The van der Waals surface area contributed by atoms with Crippen molar-refractivity contribution in [3.63, 3.8) is 0 Å². The second-order valence-corrected chi connectivity index (χ2v) is 4.22. The fourth-order valence-corrected chi connectivity index (χ4v) is 2.01. The third-order valence-corrected chi connectivity index (χ3v) is 2.88. The van der Waals surface area contributed by atoms with Gasteiger partial charge >= 0.3 is 0 Å². The van der Waals surface area contributed by atoms with E-state index >= 15 is 0 Å². The summed E-state index contributed by atoms with van der Waals surface area (Å²) >= 11 is 0. The number of furan rings is 1. The average Bonchev–Trinajstić information content (AvgIpc) is 2.74. The molecule has 1 unspecified atom stereocenters. The second-order valence-electron chi connectivity index (χ2n) is 4.22. The molecule has 18 heavy (non-hydrogen) atoms. The fourth-order valence-electron chi connectivity index (χ4n) is 2.01. The smallest absolute Gasteiger partial charge is 0.258 e. The summed E-state index contributed by atoms with van der Waals surface area (Å²) in [6.07, 6.45) is 1.79. The van der Waals surface area contributed by atoms with Crippen LogP contribution in [-0.4, -0.2) is 35.2 Å². The second kappa shape index (κ2) is 4.64. The van der Waals surface area contributed by atoms with Crippen LogP contribution in [0.25, 0.3) is 0 Å². The van der Waals surface area contributed by atoms with Crippen LogP contribution < -0.4 is 5.32 Å². The maximum Gasteiger partial charge on any atom is 0.258 e. The van der Waals surface area contributed by atoms with Crippen molar-refractivity contribution in [1.29, 1.82) is 0 Å². The van der Waals surface area contributed by atoms with Crippen LogP contribution in [0.5, 0.6) is 0 Å². The van der Waals surface area contributed by atoms with Crippen molar-refractivity contribution in [3.05, 3.63) is 23.7 Å². The lowest BCUT2D eigenvalue weighted by Gasteiger charge is -2.33. The monoisotopic (exact) mass is 250 g/mol. The molecule has 3 amide bonds. The number of carbonyl (C=O) groups is 3. The van der Waals surface area contributed by atoms with E-state index in [2.05, 4.69) is 5.32 Å². The van der Waals surface area contributed by atoms with E-state index in [4.69, 9.17) is 4.42 Å². The molecule has 6 heteroatoms. The van der Waals surface area contributed by atoms with Crippen LogP contribution in [0.4, 0.5) is 0 Å². The third kappa shape index (κ3) is 2.13. The molecule has 1 aliphatic rings. The summed E-state index contributed by atoms with van der Waals surface area (Å²) in [4.78, 5) is 36.5. The van der Waals surface area contributed by atoms with Gasteiger partial charge in [-0.15, -0.1) is 0 Å². The van der Waals surface area contributed by atoms with E-state index in [0.29, 0.717) is 17.7 Å². The van der Waals surface area contributed by atoms with Gasteiger partial charge < -0.3 is 9.32 Å². The Balaban J connectivity index is 2.26. The molecule has 1 fully saturated rings. The predicted octanol–water partition coefficient (Wildman–Crippen LogP) is 0.465. The van der Waals surface area contributed by atoms with Gasteiger partial charge in [0, 0.05) is 0 Å². The van der Waals surface area contributed by atoms with E-state index in [-0.39, 0.29) is 12.5 Å². The molecule has 0 radical (unpaired) electrons. The number of piperazine rings is 1. The maximum absolute atomic E-state index is 12.2. The fraction of sp³-hybridized carbons (Fsp3) is 0.417. The van der Waals surface area contributed by atoms with Crippen LogP contribution in [0.15, 0.2) is 16.7 Å². The molecule has 0 aliphatic carbocycles. The molecule has 2 heterocycles. The first kappa shape index (κ1) is 12.3. The Labute approximate surface area is 104 Å². The average molecular weight is 250 g/mol. The van der Waals surface area contributed by atoms with Gasteiger partial charge in [0.25, 0.3) is 5.91 Å². The van der Waals surface area contributed by atoms with Gasteiger partial charge in [0.1, 0.15) is 24.6 Å². The highest BCUT2D eigenvalue weighted by atomic mass is 16.3. The highest BCUT2D eigenvalue weighted by molar-refractivity contribution is 6.07. The molecule has 96 valence electrons. The standard InChI is InChI=1S/C12H14N2O4/c1-3-9-11(16)13-10(15)5-14(9)12(17)8-4-7(2)18-6-8/h4,6,9H,3,5H2,1-2H3,(H,13,15,16). The first-order valence-electron chi connectivity index (χ1n) is 5.72. The molecule has 0 aromatic carbocycles. The number of hydrogen-bond acceptors (Lipinski definition) is 4. The Bertz CT molecular complexity index is 506. The number of amides is 3. The molecule has 1 aromatic heterocycles. The summed E-state index contributed by atoms with van der Waals surface area (Å²) in [6, 6.07) is 0.983. The molecular weight excluding hydrogens is 236 g/mol. The van der Waals surface area contributed by atoms with E-state index in [1.807, 2.05) is 0 Å². The topological polar surface area (TPSA) is 79.6 Å². The van der Waals surface area contributed by atoms with E-state index in [0.717, 1.165) is 0 Å². The van der Waals surface area contributed by atoms with Crippen molar-refractivity contribution in [2.45, 2.75) is 26.3 Å². The number of carbonyl (C=O) groups excluding carboxylic acids is 3. The number of hydrogen-bond donors (Lipinski definition) is 1. The molecule has 1 aliphatic heterocycles. The zero-order chi connectivity index (χ0) is 13.3. The van der Waals surface area contributed by atoms with Crippen molar-refractivity contribution in [1.82, 2.24) is 10.2 Å². The van der Waals surface area contributed by atoms with Crippen molar-refractivity contribution in [2.24, 2.45) is 0 Å². The zero-order valence-electron chi connectivity index (χ0n) is 10.2. The van der Waals surface area contributed by atoms with E-state index in [1.54, 1.807) is 19.9 Å². The van der Waals surface area contributed by atoms with Gasteiger partial charge in [-0.05, 0) is 19.4 Å². The van der Waals surface area contributed by atoms with Gasteiger partial charge in [-0.2, -0.15) is 0 Å². The highest BCUT2D eigenvalue weighted by Gasteiger charge is 2.36. The van der Waals surface area contributed by atoms with Crippen LogP contribution in [-0.2, 0) is 9.59 Å². The highest BCUT2D eigenvalue weighted by Crippen LogP contribution is 2.15. The van der Waals surface area contributed by atoms with Gasteiger partial charge in [-0.1, -0.05) is 6.92 Å². The first-order valence-corrected chi connectivity index (χ1v) is 5.72. The summed E-state index contributed by atoms with van der Waals surface area (Å²) in [5.41, 5.74) is 0.355. The third-order valence-electron chi connectivity index (χ3n) is 2.88. The van der Waals surface area contributed by atoms with Gasteiger partial charge in [-0.3, -0.25) is 19.7 Å². The number of nitrogens with one attached hydrogen (secondary N) is 1. The minimum atomic E-state index is -0.606. The van der Waals surface area contributed by atoms with E-state index < -0.39 is 17.9 Å². The molecule has 1 saturated heterocycles. The van der Waals surface area contributed by atoms with Gasteiger partial charge in [0.05, 0.1) is 5.56 Å². The lowest BCUT2D eigenvalue weighted by Crippen LogP contribution is -2.59. The number of nitrogens with zero attached hydrogens (tertiary/aromatic N) is 1. The SMILES string of the molecule is CCC1C(=O)NC(=O)CN1C(=O)c1coc(C)c1. The van der Waals surface area contributed by atoms with Crippen molar-refractivity contribution in [2.75, 3.05) is 6.54 Å². The van der Waals surface area contributed by atoms with Crippen molar-refractivity contribution in [3.8, 4) is 0 Å². The van der Waals surface area contributed by atoms with Crippen LogP contribution >= 0.6 is 0 Å². The molecule has 6 nitrogen and oxygen atoms in total. The lowest BCUT2D eigenvalue weighted by atomic mass is 10.1.